The Kier molecular flexibility index (Phi) is 5.74. The van der Waals surface area contributed by atoms with Gasteiger partial charge in [-0.05, 0) is 24.8 Å². The molecule has 1 N–H and O–H groups in total. The first kappa shape index (κ1) is 17.9. The number of benzene rings is 1. The molecule has 1 aromatic rings. The number of aliphatic hydroxyl groups excluding tert-OH is 1. The Morgan fingerprint density at radius 2 is 2.00 bits per heavy atom. The maximum absolute atomic E-state index is 13.0. The zero-order chi connectivity index (χ0) is 17.8. The Bertz CT molecular complexity index is 604. The summed E-state index contributed by atoms with van der Waals surface area (Å²) in [7, 11) is 1.76. The van der Waals surface area contributed by atoms with Crippen LogP contribution in [0.25, 0.3) is 0 Å². The number of rotatable bonds is 4. The fourth-order valence-electron chi connectivity index (χ4n) is 4.04. The van der Waals surface area contributed by atoms with Crippen molar-refractivity contribution in [3.05, 3.63) is 35.9 Å². The van der Waals surface area contributed by atoms with E-state index in [0.717, 1.165) is 37.8 Å². The van der Waals surface area contributed by atoms with Crippen LogP contribution in [0.3, 0.4) is 0 Å². The van der Waals surface area contributed by atoms with E-state index in [-0.39, 0.29) is 23.8 Å². The lowest BCUT2D eigenvalue weighted by Gasteiger charge is -2.33. The van der Waals surface area contributed by atoms with Gasteiger partial charge in [0.25, 0.3) is 0 Å². The number of carbonyl (C=O) groups excluding carboxylic acids is 2. The van der Waals surface area contributed by atoms with Crippen molar-refractivity contribution in [1.82, 2.24) is 9.80 Å². The van der Waals surface area contributed by atoms with Gasteiger partial charge < -0.3 is 14.9 Å². The van der Waals surface area contributed by atoms with E-state index in [9.17, 15) is 14.7 Å². The first-order valence-corrected chi connectivity index (χ1v) is 9.33. The molecular formula is C20H28N2O3. The Morgan fingerprint density at radius 1 is 1.24 bits per heavy atom. The molecule has 2 aliphatic heterocycles. The molecule has 0 aromatic heterocycles. The fraction of sp³-hybridized carbons (Fsp3) is 0.600. The average Bonchev–Trinajstić information content (AvgIpc) is 2.82. The minimum atomic E-state index is -0.563. The number of likely N-dealkylation sites (tertiary alicyclic amines) is 2. The molecule has 3 rings (SSSR count). The van der Waals surface area contributed by atoms with E-state index in [4.69, 9.17) is 0 Å². The van der Waals surface area contributed by atoms with Gasteiger partial charge in [-0.15, -0.1) is 0 Å². The lowest BCUT2D eigenvalue weighted by molar-refractivity contribution is -0.138. The largest absolute Gasteiger partial charge is 0.388 e. The SMILES string of the molecule is CN1CC(C(=O)N2CCCCCC2CC(O)c2ccccc2)CC1=O. The summed E-state index contributed by atoms with van der Waals surface area (Å²) in [5.41, 5.74) is 0.898. The van der Waals surface area contributed by atoms with Crippen LogP contribution in [0.4, 0.5) is 0 Å². The Labute approximate surface area is 149 Å². The Balaban J connectivity index is 1.71. The molecule has 2 aliphatic rings. The van der Waals surface area contributed by atoms with E-state index < -0.39 is 6.10 Å². The molecule has 3 unspecified atom stereocenters. The highest BCUT2D eigenvalue weighted by atomic mass is 16.3. The van der Waals surface area contributed by atoms with E-state index in [0.29, 0.717) is 19.4 Å². The van der Waals surface area contributed by atoms with Gasteiger partial charge in [0.1, 0.15) is 0 Å². The highest BCUT2D eigenvalue weighted by Gasteiger charge is 2.37. The standard InChI is InChI=1S/C20H28N2O3/c1-21-14-16(12-19(21)24)20(25)22-11-7-3-6-10-17(22)13-18(23)15-8-4-2-5-9-15/h2,4-5,8-9,16-18,23H,3,6-7,10-14H2,1H3. The van der Waals surface area contributed by atoms with E-state index >= 15 is 0 Å². The van der Waals surface area contributed by atoms with E-state index in [1.54, 1.807) is 11.9 Å². The first-order chi connectivity index (χ1) is 12.1. The molecule has 2 fully saturated rings. The van der Waals surface area contributed by atoms with Gasteiger partial charge in [-0.25, -0.2) is 0 Å². The number of aliphatic hydroxyl groups is 1. The van der Waals surface area contributed by atoms with Gasteiger partial charge in [-0.2, -0.15) is 0 Å². The van der Waals surface area contributed by atoms with Gasteiger partial charge in [-0.1, -0.05) is 43.2 Å². The Hall–Kier alpha value is -1.88. The maximum atomic E-state index is 13.0. The molecule has 0 saturated carbocycles. The molecule has 25 heavy (non-hydrogen) atoms. The van der Waals surface area contributed by atoms with E-state index in [1.165, 1.54) is 0 Å². The number of nitrogens with zero attached hydrogens (tertiary/aromatic N) is 2. The molecule has 0 spiro atoms. The molecule has 0 bridgehead atoms. The maximum Gasteiger partial charge on any atom is 0.228 e. The quantitative estimate of drug-likeness (QED) is 0.912. The summed E-state index contributed by atoms with van der Waals surface area (Å²) < 4.78 is 0. The second-order valence-corrected chi connectivity index (χ2v) is 7.37. The van der Waals surface area contributed by atoms with Crippen LogP contribution in [-0.4, -0.2) is 52.9 Å². The number of hydrogen-bond donors (Lipinski definition) is 1. The zero-order valence-corrected chi connectivity index (χ0v) is 14.9. The highest BCUT2D eigenvalue weighted by Crippen LogP contribution is 2.29. The van der Waals surface area contributed by atoms with Crippen molar-refractivity contribution in [1.29, 1.82) is 0 Å². The number of hydrogen-bond acceptors (Lipinski definition) is 3. The molecule has 0 aliphatic carbocycles. The van der Waals surface area contributed by atoms with Crippen molar-refractivity contribution < 1.29 is 14.7 Å². The van der Waals surface area contributed by atoms with Crippen molar-refractivity contribution in [2.75, 3.05) is 20.1 Å². The molecule has 136 valence electrons. The Morgan fingerprint density at radius 3 is 2.68 bits per heavy atom. The molecule has 0 radical (unpaired) electrons. The molecule has 2 saturated heterocycles. The minimum absolute atomic E-state index is 0.0474. The first-order valence-electron chi connectivity index (χ1n) is 9.33. The van der Waals surface area contributed by atoms with Gasteiger partial charge in [0, 0.05) is 32.6 Å². The average molecular weight is 344 g/mol. The molecule has 1 aromatic carbocycles. The molecule has 3 atom stereocenters. The lowest BCUT2D eigenvalue weighted by atomic mass is 9.96. The van der Waals surface area contributed by atoms with Crippen LogP contribution in [0.2, 0.25) is 0 Å². The summed E-state index contributed by atoms with van der Waals surface area (Å²) in [4.78, 5) is 28.4. The van der Waals surface area contributed by atoms with Gasteiger partial charge in [-0.3, -0.25) is 9.59 Å². The summed E-state index contributed by atoms with van der Waals surface area (Å²) in [5, 5.41) is 10.6. The summed E-state index contributed by atoms with van der Waals surface area (Å²) in [5.74, 6) is -0.0918. The molecule has 2 heterocycles. The fourth-order valence-corrected chi connectivity index (χ4v) is 4.04. The predicted octanol–water partition coefficient (Wildman–Crippen LogP) is 2.36. The van der Waals surface area contributed by atoms with E-state index in [1.807, 2.05) is 35.2 Å². The minimum Gasteiger partial charge on any atom is -0.388 e. The van der Waals surface area contributed by atoms with Crippen molar-refractivity contribution in [2.24, 2.45) is 5.92 Å². The third kappa shape index (κ3) is 4.21. The van der Waals surface area contributed by atoms with Crippen LogP contribution in [0.1, 0.15) is 50.2 Å². The number of amides is 2. The van der Waals surface area contributed by atoms with Gasteiger partial charge >= 0.3 is 0 Å². The van der Waals surface area contributed by atoms with Gasteiger partial charge in [0.2, 0.25) is 11.8 Å². The number of carbonyl (C=O) groups is 2. The van der Waals surface area contributed by atoms with Crippen LogP contribution < -0.4 is 0 Å². The van der Waals surface area contributed by atoms with Gasteiger partial charge in [0.15, 0.2) is 0 Å². The van der Waals surface area contributed by atoms with Crippen molar-refractivity contribution in [3.8, 4) is 0 Å². The highest BCUT2D eigenvalue weighted by molar-refractivity contribution is 5.89. The monoisotopic (exact) mass is 344 g/mol. The topological polar surface area (TPSA) is 60.9 Å². The van der Waals surface area contributed by atoms with Crippen molar-refractivity contribution >= 4 is 11.8 Å². The molecule has 2 amide bonds. The zero-order valence-electron chi connectivity index (χ0n) is 14.9. The summed E-state index contributed by atoms with van der Waals surface area (Å²) in [6, 6.07) is 9.69. The van der Waals surface area contributed by atoms with Crippen LogP contribution in [-0.2, 0) is 9.59 Å². The van der Waals surface area contributed by atoms with E-state index in [2.05, 4.69) is 0 Å². The third-order valence-electron chi connectivity index (χ3n) is 5.53. The summed E-state index contributed by atoms with van der Waals surface area (Å²) in [6.45, 7) is 1.25. The van der Waals surface area contributed by atoms with Crippen LogP contribution in [0.15, 0.2) is 30.3 Å². The van der Waals surface area contributed by atoms with Gasteiger partial charge in [0.05, 0.1) is 12.0 Å². The van der Waals surface area contributed by atoms with Crippen LogP contribution in [0, 0.1) is 5.92 Å². The smallest absolute Gasteiger partial charge is 0.228 e. The third-order valence-corrected chi connectivity index (χ3v) is 5.53. The normalized spacial score (nSPS) is 25.8. The second kappa shape index (κ2) is 8.00. The van der Waals surface area contributed by atoms with Crippen molar-refractivity contribution in [3.63, 3.8) is 0 Å². The molecule has 5 heteroatoms. The summed E-state index contributed by atoms with van der Waals surface area (Å²) >= 11 is 0. The van der Waals surface area contributed by atoms with Crippen LogP contribution >= 0.6 is 0 Å². The van der Waals surface area contributed by atoms with Crippen LogP contribution in [0.5, 0.6) is 0 Å². The predicted molar refractivity (Wildman–Crippen MR) is 95.7 cm³/mol. The van der Waals surface area contributed by atoms with Crippen molar-refractivity contribution in [2.45, 2.75) is 50.7 Å². The summed E-state index contributed by atoms with van der Waals surface area (Å²) in [6.07, 6.45) is 4.44. The molecular weight excluding hydrogens is 316 g/mol. The lowest BCUT2D eigenvalue weighted by Crippen LogP contribution is -2.44. The molecule has 5 nitrogen and oxygen atoms in total. The second-order valence-electron chi connectivity index (χ2n) is 7.37.